The van der Waals surface area contributed by atoms with Crippen LogP contribution in [0.15, 0.2) is 0 Å². The number of carbonyl (C=O) groups excluding carboxylic acids is 1. The molecule has 0 aliphatic heterocycles. The van der Waals surface area contributed by atoms with E-state index in [0.717, 1.165) is 0 Å². The van der Waals surface area contributed by atoms with E-state index in [9.17, 15) is 9.59 Å². The monoisotopic (exact) mass is 190 g/mol. The number of rotatable bonds is 5. The first-order valence-electron chi connectivity index (χ1n) is 3.98. The molecule has 2 unspecified atom stereocenters. The molecule has 0 rings (SSSR count). The van der Waals surface area contributed by atoms with Crippen LogP contribution in [0.5, 0.6) is 0 Å². The Labute approximate surface area is 76.6 Å². The Morgan fingerprint density at radius 3 is 2.31 bits per heavy atom. The van der Waals surface area contributed by atoms with Crippen LogP contribution in [0.3, 0.4) is 0 Å². The Kier molecular flexibility index (Phi) is 5.06. The van der Waals surface area contributed by atoms with E-state index < -0.39 is 24.1 Å². The van der Waals surface area contributed by atoms with Gasteiger partial charge < -0.3 is 14.6 Å². The summed E-state index contributed by atoms with van der Waals surface area (Å²) in [6.07, 6.45) is -1.65. The molecule has 5 heteroatoms. The van der Waals surface area contributed by atoms with E-state index >= 15 is 0 Å². The minimum Gasteiger partial charge on any atom is -0.479 e. The first-order valence-corrected chi connectivity index (χ1v) is 3.98. The second-order valence-electron chi connectivity index (χ2n) is 2.54. The minimum absolute atomic E-state index is 0.223. The number of carboxylic acid groups (broad SMARTS) is 1. The molecule has 0 heterocycles. The lowest BCUT2D eigenvalue weighted by atomic mass is 10.2. The number of methoxy groups -OCH3 is 1. The zero-order chi connectivity index (χ0) is 10.4. The van der Waals surface area contributed by atoms with Gasteiger partial charge in [-0.25, -0.2) is 4.79 Å². The highest BCUT2D eigenvalue weighted by Gasteiger charge is 2.26. The van der Waals surface area contributed by atoms with Crippen LogP contribution in [-0.2, 0) is 19.1 Å². The normalized spacial score (nSPS) is 14.7. The van der Waals surface area contributed by atoms with Gasteiger partial charge >= 0.3 is 11.9 Å². The molecule has 0 spiro atoms. The van der Waals surface area contributed by atoms with Gasteiger partial charge in [-0.3, -0.25) is 4.79 Å². The van der Waals surface area contributed by atoms with Gasteiger partial charge in [0, 0.05) is 13.5 Å². The molecule has 2 atom stereocenters. The van der Waals surface area contributed by atoms with Crippen molar-refractivity contribution in [3.63, 3.8) is 0 Å². The Morgan fingerprint density at radius 1 is 1.46 bits per heavy atom. The van der Waals surface area contributed by atoms with Crippen molar-refractivity contribution in [2.24, 2.45) is 0 Å². The molecule has 0 aliphatic rings. The van der Waals surface area contributed by atoms with Crippen molar-refractivity contribution in [1.29, 1.82) is 0 Å². The molecule has 0 radical (unpaired) electrons. The van der Waals surface area contributed by atoms with Crippen molar-refractivity contribution in [2.75, 3.05) is 7.11 Å². The number of carboxylic acids is 1. The third kappa shape index (κ3) is 3.89. The largest absolute Gasteiger partial charge is 0.479 e. The Bertz CT molecular complexity index is 189. The van der Waals surface area contributed by atoms with Gasteiger partial charge in [-0.05, 0) is 6.92 Å². The lowest BCUT2D eigenvalue weighted by molar-refractivity contribution is -0.166. The van der Waals surface area contributed by atoms with Crippen molar-refractivity contribution >= 4 is 11.9 Å². The van der Waals surface area contributed by atoms with Gasteiger partial charge in [0.1, 0.15) is 6.10 Å². The summed E-state index contributed by atoms with van der Waals surface area (Å²) >= 11 is 0. The van der Waals surface area contributed by atoms with Crippen LogP contribution in [0.25, 0.3) is 0 Å². The Balaban J connectivity index is 4.13. The summed E-state index contributed by atoms with van der Waals surface area (Å²) in [4.78, 5) is 21.3. The molecule has 0 saturated heterocycles. The highest BCUT2D eigenvalue weighted by Crippen LogP contribution is 2.04. The molecule has 0 aromatic carbocycles. The zero-order valence-electron chi connectivity index (χ0n) is 7.94. The fourth-order valence-corrected chi connectivity index (χ4v) is 0.846. The third-order valence-electron chi connectivity index (χ3n) is 1.53. The highest BCUT2D eigenvalue weighted by atomic mass is 16.6. The summed E-state index contributed by atoms with van der Waals surface area (Å²) in [6.45, 7) is 3.12. The molecule has 0 saturated carbocycles. The number of carbonyl (C=O) groups is 2. The number of aliphatic carboxylic acids is 1. The fourth-order valence-electron chi connectivity index (χ4n) is 0.846. The van der Waals surface area contributed by atoms with Gasteiger partial charge in [-0.1, -0.05) is 6.92 Å². The first kappa shape index (κ1) is 11.9. The molecular weight excluding hydrogens is 176 g/mol. The summed E-state index contributed by atoms with van der Waals surface area (Å²) in [7, 11) is 1.26. The fraction of sp³-hybridized carbons (Fsp3) is 0.750. The predicted molar refractivity (Wildman–Crippen MR) is 44.3 cm³/mol. The average Bonchev–Trinajstić information content (AvgIpc) is 2.04. The van der Waals surface area contributed by atoms with Gasteiger partial charge in [-0.2, -0.15) is 0 Å². The summed E-state index contributed by atoms with van der Waals surface area (Å²) < 4.78 is 9.41. The van der Waals surface area contributed by atoms with E-state index in [0.29, 0.717) is 0 Å². The van der Waals surface area contributed by atoms with Crippen LogP contribution in [0, 0.1) is 0 Å². The molecule has 5 nitrogen and oxygen atoms in total. The number of ether oxygens (including phenoxy) is 2. The molecule has 0 fully saturated rings. The second-order valence-corrected chi connectivity index (χ2v) is 2.54. The van der Waals surface area contributed by atoms with Crippen molar-refractivity contribution in [3.05, 3.63) is 0 Å². The van der Waals surface area contributed by atoms with E-state index in [-0.39, 0.29) is 6.42 Å². The second kappa shape index (κ2) is 5.53. The molecule has 0 aromatic rings. The topological polar surface area (TPSA) is 72.8 Å². The van der Waals surface area contributed by atoms with Crippen molar-refractivity contribution in [1.82, 2.24) is 0 Å². The smallest absolute Gasteiger partial charge is 0.336 e. The lowest BCUT2D eigenvalue weighted by Crippen LogP contribution is -2.36. The summed E-state index contributed by atoms with van der Waals surface area (Å²) in [5, 5.41) is 8.61. The molecule has 0 bridgehead atoms. The maximum atomic E-state index is 10.8. The average molecular weight is 190 g/mol. The molecule has 0 aliphatic carbocycles. The van der Waals surface area contributed by atoms with Gasteiger partial charge in [0.2, 0.25) is 0 Å². The van der Waals surface area contributed by atoms with Gasteiger partial charge in [0.15, 0.2) is 6.10 Å². The number of hydrogen-bond acceptors (Lipinski definition) is 4. The third-order valence-corrected chi connectivity index (χ3v) is 1.53. The van der Waals surface area contributed by atoms with Crippen LogP contribution in [0.2, 0.25) is 0 Å². The lowest BCUT2D eigenvalue weighted by Gasteiger charge is -2.18. The summed E-state index contributed by atoms with van der Waals surface area (Å²) in [5.41, 5.74) is 0. The predicted octanol–water partition coefficient (Wildman–Crippen LogP) is 0.428. The van der Waals surface area contributed by atoms with Crippen molar-refractivity contribution in [2.45, 2.75) is 32.5 Å². The van der Waals surface area contributed by atoms with E-state index in [1.807, 2.05) is 0 Å². The highest BCUT2D eigenvalue weighted by molar-refractivity contribution is 5.74. The molecule has 1 N–H and O–H groups in total. The SMILES string of the molecule is CCC(=O)OC(C)C(OC)C(=O)O. The van der Waals surface area contributed by atoms with Gasteiger partial charge in [-0.15, -0.1) is 0 Å². The van der Waals surface area contributed by atoms with Gasteiger partial charge in [0.25, 0.3) is 0 Å². The summed E-state index contributed by atoms with van der Waals surface area (Å²) in [5.74, 6) is -1.57. The van der Waals surface area contributed by atoms with Gasteiger partial charge in [0.05, 0.1) is 0 Å². The van der Waals surface area contributed by atoms with E-state index in [1.54, 1.807) is 6.92 Å². The Morgan fingerprint density at radius 2 is 2.00 bits per heavy atom. The van der Waals surface area contributed by atoms with Crippen LogP contribution in [-0.4, -0.2) is 36.4 Å². The van der Waals surface area contributed by atoms with Crippen LogP contribution >= 0.6 is 0 Å². The van der Waals surface area contributed by atoms with E-state index in [2.05, 4.69) is 4.74 Å². The quantitative estimate of drug-likeness (QED) is 0.636. The first-order chi connectivity index (χ1) is 6.02. The van der Waals surface area contributed by atoms with Crippen molar-refractivity contribution < 1.29 is 24.2 Å². The van der Waals surface area contributed by atoms with Crippen LogP contribution in [0.1, 0.15) is 20.3 Å². The van der Waals surface area contributed by atoms with Crippen molar-refractivity contribution in [3.8, 4) is 0 Å². The summed E-state index contributed by atoms with van der Waals surface area (Å²) in [6, 6.07) is 0. The molecular formula is C8H14O5. The van der Waals surface area contributed by atoms with E-state index in [4.69, 9.17) is 9.84 Å². The van der Waals surface area contributed by atoms with Crippen LogP contribution in [0.4, 0.5) is 0 Å². The molecule has 76 valence electrons. The number of hydrogen-bond donors (Lipinski definition) is 1. The molecule has 0 amide bonds. The maximum absolute atomic E-state index is 10.8. The standard InChI is InChI=1S/C8H14O5/c1-4-6(9)13-5(2)7(12-3)8(10)11/h5,7H,4H2,1-3H3,(H,10,11). The van der Waals surface area contributed by atoms with Crippen LogP contribution < -0.4 is 0 Å². The van der Waals surface area contributed by atoms with E-state index in [1.165, 1.54) is 14.0 Å². The zero-order valence-corrected chi connectivity index (χ0v) is 7.94. The minimum atomic E-state index is -1.14. The molecule has 0 aromatic heterocycles. The number of esters is 1. The Hall–Kier alpha value is -1.10. The maximum Gasteiger partial charge on any atom is 0.336 e. The molecule has 13 heavy (non-hydrogen) atoms.